The molecule has 68 valence electrons. The monoisotopic (exact) mass is 169 g/mol. The average molecular weight is 169 g/mol. The van der Waals surface area contributed by atoms with Crippen LogP contribution < -0.4 is 5.32 Å². The van der Waals surface area contributed by atoms with Crippen molar-refractivity contribution in [1.29, 1.82) is 0 Å². The minimum absolute atomic E-state index is 0.261. The number of nitrogens with one attached hydrogen (secondary N) is 1. The highest BCUT2D eigenvalue weighted by Gasteiger charge is 2.20. The second kappa shape index (κ2) is 4.14. The Bertz CT molecular complexity index is 195. The molecule has 0 aromatic rings. The van der Waals surface area contributed by atoms with E-state index in [-0.39, 0.29) is 5.97 Å². The van der Waals surface area contributed by atoms with E-state index < -0.39 is 0 Å². The summed E-state index contributed by atoms with van der Waals surface area (Å²) in [6.45, 7) is 4.12. The third-order valence-corrected chi connectivity index (χ3v) is 1.63. The maximum atomic E-state index is 10.9. The minimum Gasteiger partial charge on any atom is -0.463 e. The molecule has 12 heavy (non-hydrogen) atoms. The van der Waals surface area contributed by atoms with Gasteiger partial charge in [0, 0.05) is 17.8 Å². The third kappa shape index (κ3) is 3.42. The van der Waals surface area contributed by atoms with Gasteiger partial charge >= 0.3 is 5.97 Å². The summed E-state index contributed by atoms with van der Waals surface area (Å²) >= 11 is 0. The lowest BCUT2D eigenvalue weighted by Gasteiger charge is -2.03. The summed E-state index contributed by atoms with van der Waals surface area (Å²) in [5.74, 6) is -0.261. The second-order valence-corrected chi connectivity index (χ2v) is 3.00. The first-order valence-corrected chi connectivity index (χ1v) is 4.34. The molecule has 0 heterocycles. The van der Waals surface area contributed by atoms with Crippen LogP contribution in [0, 0.1) is 0 Å². The number of carbonyl (C=O) groups excluding carboxylic acids is 1. The molecule has 3 heteroatoms. The fourth-order valence-corrected chi connectivity index (χ4v) is 0.952. The quantitative estimate of drug-likeness (QED) is 0.507. The fraction of sp³-hybridized carbons (Fsp3) is 0.667. The number of allylic oxidation sites excluding steroid dienone is 1. The fourth-order valence-electron chi connectivity index (χ4n) is 0.952. The van der Waals surface area contributed by atoms with Gasteiger partial charge in [0.2, 0.25) is 0 Å². The van der Waals surface area contributed by atoms with Crippen molar-refractivity contribution in [2.75, 3.05) is 6.61 Å². The summed E-state index contributed by atoms with van der Waals surface area (Å²) in [6, 6.07) is 0.593. The number of ether oxygens (including phenoxy) is 1. The molecule has 0 bridgehead atoms. The third-order valence-electron chi connectivity index (χ3n) is 1.63. The van der Waals surface area contributed by atoms with Crippen molar-refractivity contribution < 1.29 is 9.53 Å². The Morgan fingerprint density at radius 2 is 2.33 bits per heavy atom. The molecule has 0 aliphatic heterocycles. The number of carbonyl (C=O) groups is 1. The van der Waals surface area contributed by atoms with Crippen LogP contribution in [0.1, 0.15) is 26.7 Å². The lowest BCUT2D eigenvalue weighted by molar-refractivity contribution is -0.137. The minimum atomic E-state index is -0.261. The lowest BCUT2D eigenvalue weighted by Crippen LogP contribution is -2.15. The van der Waals surface area contributed by atoms with E-state index >= 15 is 0 Å². The molecule has 0 spiro atoms. The van der Waals surface area contributed by atoms with Crippen LogP contribution >= 0.6 is 0 Å². The van der Waals surface area contributed by atoms with Crippen molar-refractivity contribution in [2.24, 2.45) is 0 Å². The van der Waals surface area contributed by atoms with Crippen molar-refractivity contribution in [3.8, 4) is 0 Å². The zero-order chi connectivity index (χ0) is 8.97. The molecule has 0 saturated heterocycles. The van der Waals surface area contributed by atoms with Crippen LogP contribution in [0.4, 0.5) is 0 Å². The smallest absolute Gasteiger partial charge is 0.332 e. The largest absolute Gasteiger partial charge is 0.463 e. The van der Waals surface area contributed by atoms with E-state index in [2.05, 4.69) is 5.32 Å². The van der Waals surface area contributed by atoms with Gasteiger partial charge < -0.3 is 10.1 Å². The van der Waals surface area contributed by atoms with Gasteiger partial charge in [-0.05, 0) is 26.7 Å². The molecule has 0 unspecified atom stereocenters. The van der Waals surface area contributed by atoms with Crippen LogP contribution in [0.3, 0.4) is 0 Å². The predicted molar refractivity (Wildman–Crippen MR) is 46.5 cm³/mol. The highest BCUT2D eigenvalue weighted by atomic mass is 16.5. The lowest BCUT2D eigenvalue weighted by atomic mass is 10.4. The maximum Gasteiger partial charge on any atom is 0.332 e. The first-order valence-electron chi connectivity index (χ1n) is 4.34. The SMILES string of the molecule is CCOC(=O)/C=C(\C)NC1CC1. The molecule has 1 fully saturated rings. The first kappa shape index (κ1) is 9.10. The number of esters is 1. The van der Waals surface area contributed by atoms with Crippen LogP contribution in [0.5, 0.6) is 0 Å². The summed E-state index contributed by atoms with van der Waals surface area (Å²) < 4.78 is 4.76. The Morgan fingerprint density at radius 3 is 2.83 bits per heavy atom. The van der Waals surface area contributed by atoms with Gasteiger partial charge in [-0.15, -0.1) is 0 Å². The van der Waals surface area contributed by atoms with Gasteiger partial charge in [-0.2, -0.15) is 0 Å². The van der Waals surface area contributed by atoms with Crippen LogP contribution in [-0.4, -0.2) is 18.6 Å². The molecule has 0 radical (unpaired) electrons. The van der Waals surface area contributed by atoms with Crippen LogP contribution in [0.15, 0.2) is 11.8 Å². The van der Waals surface area contributed by atoms with E-state index in [0.717, 1.165) is 5.70 Å². The van der Waals surface area contributed by atoms with E-state index in [1.54, 1.807) is 6.92 Å². The summed E-state index contributed by atoms with van der Waals surface area (Å²) in [7, 11) is 0. The van der Waals surface area contributed by atoms with Crippen molar-refractivity contribution in [2.45, 2.75) is 32.7 Å². The van der Waals surface area contributed by atoms with Gasteiger partial charge in [0.15, 0.2) is 0 Å². The normalized spacial score (nSPS) is 17.3. The zero-order valence-corrected chi connectivity index (χ0v) is 7.59. The first-order chi connectivity index (χ1) is 5.72. The number of hydrogen-bond donors (Lipinski definition) is 1. The van der Waals surface area contributed by atoms with Crippen molar-refractivity contribution >= 4 is 5.97 Å². The Kier molecular flexibility index (Phi) is 3.14. The van der Waals surface area contributed by atoms with Crippen LogP contribution in [0.2, 0.25) is 0 Å². The molecule has 0 aromatic heterocycles. The molecule has 0 atom stereocenters. The molecule has 1 N–H and O–H groups in total. The van der Waals surface area contributed by atoms with E-state index in [1.165, 1.54) is 18.9 Å². The van der Waals surface area contributed by atoms with Gasteiger partial charge in [-0.1, -0.05) is 0 Å². The van der Waals surface area contributed by atoms with Gasteiger partial charge in [-0.25, -0.2) is 4.79 Å². The highest BCUT2D eigenvalue weighted by Crippen LogP contribution is 2.19. The maximum absolute atomic E-state index is 10.9. The molecular formula is C9H15NO2. The van der Waals surface area contributed by atoms with Crippen molar-refractivity contribution in [3.05, 3.63) is 11.8 Å². The summed E-state index contributed by atoms with van der Waals surface area (Å²) in [5.41, 5.74) is 0.899. The average Bonchev–Trinajstić information content (AvgIpc) is 2.71. The Hall–Kier alpha value is -0.990. The summed E-state index contributed by atoms with van der Waals surface area (Å²) in [6.07, 6.45) is 3.93. The van der Waals surface area contributed by atoms with Gasteiger partial charge in [0.05, 0.1) is 6.61 Å². The van der Waals surface area contributed by atoms with Gasteiger partial charge in [-0.3, -0.25) is 0 Å². The number of hydrogen-bond acceptors (Lipinski definition) is 3. The topological polar surface area (TPSA) is 38.3 Å². The second-order valence-electron chi connectivity index (χ2n) is 3.00. The van der Waals surface area contributed by atoms with E-state index in [9.17, 15) is 4.79 Å². The molecular weight excluding hydrogens is 154 g/mol. The van der Waals surface area contributed by atoms with E-state index in [4.69, 9.17) is 4.74 Å². The molecule has 0 aromatic carbocycles. The van der Waals surface area contributed by atoms with Gasteiger partial charge in [0.25, 0.3) is 0 Å². The standard InChI is InChI=1S/C9H15NO2/c1-3-12-9(11)6-7(2)10-8-4-5-8/h6,8,10H,3-5H2,1-2H3/b7-6+. The molecule has 1 saturated carbocycles. The zero-order valence-electron chi connectivity index (χ0n) is 7.59. The predicted octanol–water partition coefficient (Wildman–Crippen LogP) is 1.21. The molecule has 1 aliphatic rings. The Balaban J connectivity index is 2.26. The molecule has 0 amide bonds. The molecule has 1 rings (SSSR count). The highest BCUT2D eigenvalue weighted by molar-refractivity contribution is 5.82. The van der Waals surface area contributed by atoms with E-state index in [1.807, 2.05) is 6.92 Å². The summed E-state index contributed by atoms with van der Waals surface area (Å²) in [5, 5.41) is 3.20. The summed E-state index contributed by atoms with van der Waals surface area (Å²) in [4.78, 5) is 10.9. The van der Waals surface area contributed by atoms with Gasteiger partial charge in [0.1, 0.15) is 0 Å². The van der Waals surface area contributed by atoms with E-state index in [0.29, 0.717) is 12.6 Å². The molecule has 1 aliphatic carbocycles. The van der Waals surface area contributed by atoms with Crippen molar-refractivity contribution in [1.82, 2.24) is 5.32 Å². The van der Waals surface area contributed by atoms with Crippen LogP contribution in [-0.2, 0) is 9.53 Å². The Labute approximate surface area is 72.8 Å². The Morgan fingerprint density at radius 1 is 1.67 bits per heavy atom. The van der Waals surface area contributed by atoms with Crippen molar-refractivity contribution in [3.63, 3.8) is 0 Å². The number of rotatable bonds is 4. The van der Waals surface area contributed by atoms with Crippen LogP contribution in [0.25, 0.3) is 0 Å². The molecule has 3 nitrogen and oxygen atoms in total.